The zero-order chi connectivity index (χ0) is 13.5. The van der Waals surface area contributed by atoms with Gasteiger partial charge in [0.25, 0.3) is 0 Å². The Bertz CT molecular complexity index is 375. The van der Waals surface area contributed by atoms with Gasteiger partial charge < -0.3 is 14.8 Å². The highest BCUT2D eigenvalue weighted by Gasteiger charge is 2.19. The van der Waals surface area contributed by atoms with Gasteiger partial charge in [0.2, 0.25) is 0 Å². The van der Waals surface area contributed by atoms with Crippen LogP contribution >= 0.6 is 0 Å². The van der Waals surface area contributed by atoms with Crippen LogP contribution in [-0.4, -0.2) is 25.9 Å². The number of rotatable bonds is 6. The number of ether oxygens (including phenoxy) is 2. The molecular formula is C16H25NO2. The molecule has 2 atom stereocenters. The van der Waals surface area contributed by atoms with Gasteiger partial charge in [-0.25, -0.2) is 0 Å². The fourth-order valence-electron chi connectivity index (χ4n) is 2.58. The summed E-state index contributed by atoms with van der Waals surface area (Å²) in [6.45, 7) is 6.90. The molecule has 1 fully saturated rings. The lowest BCUT2D eigenvalue weighted by atomic mass is 10.0. The van der Waals surface area contributed by atoms with Gasteiger partial charge in [0, 0.05) is 18.2 Å². The van der Waals surface area contributed by atoms with Crippen LogP contribution in [0, 0.1) is 0 Å². The summed E-state index contributed by atoms with van der Waals surface area (Å²) in [6.07, 6.45) is 3.45. The first-order valence-electron chi connectivity index (χ1n) is 7.41. The Morgan fingerprint density at radius 3 is 2.89 bits per heavy atom. The largest absolute Gasteiger partial charge is 0.488 e. The summed E-state index contributed by atoms with van der Waals surface area (Å²) in [6, 6.07) is 8.73. The van der Waals surface area contributed by atoms with Crippen LogP contribution in [0.3, 0.4) is 0 Å². The topological polar surface area (TPSA) is 30.5 Å². The van der Waals surface area contributed by atoms with Crippen LogP contribution in [0.15, 0.2) is 24.3 Å². The van der Waals surface area contributed by atoms with E-state index >= 15 is 0 Å². The summed E-state index contributed by atoms with van der Waals surface area (Å²) in [5.41, 5.74) is 1.26. The number of hydrogen-bond acceptors (Lipinski definition) is 3. The van der Waals surface area contributed by atoms with Crippen molar-refractivity contribution in [3.05, 3.63) is 29.8 Å². The Hall–Kier alpha value is -1.06. The standard InChI is InChI=1S/C16H25NO2/c1-3-15(17-4-2)14-9-5-6-10-16(14)19-13-8-7-11-18-12-13/h5-6,9-10,13,15,17H,3-4,7-8,11-12H2,1-2H3. The van der Waals surface area contributed by atoms with Crippen molar-refractivity contribution in [3.63, 3.8) is 0 Å². The molecule has 2 unspecified atom stereocenters. The molecule has 1 N–H and O–H groups in total. The third-order valence-electron chi connectivity index (χ3n) is 3.57. The molecule has 1 aliphatic rings. The van der Waals surface area contributed by atoms with Crippen LogP contribution in [0.1, 0.15) is 44.7 Å². The summed E-state index contributed by atoms with van der Waals surface area (Å²) >= 11 is 0. The van der Waals surface area contributed by atoms with Crippen LogP contribution < -0.4 is 10.1 Å². The van der Waals surface area contributed by atoms with Gasteiger partial charge in [-0.3, -0.25) is 0 Å². The second kappa shape index (κ2) is 7.51. The molecule has 0 aliphatic carbocycles. The van der Waals surface area contributed by atoms with Crippen LogP contribution in [0.5, 0.6) is 5.75 Å². The van der Waals surface area contributed by atoms with E-state index in [4.69, 9.17) is 9.47 Å². The molecule has 2 rings (SSSR count). The van der Waals surface area contributed by atoms with Gasteiger partial charge in [-0.05, 0) is 31.9 Å². The van der Waals surface area contributed by atoms with E-state index in [0.717, 1.165) is 38.2 Å². The van der Waals surface area contributed by atoms with Gasteiger partial charge in [0.15, 0.2) is 0 Å². The number of para-hydroxylation sites is 1. The first-order chi connectivity index (χ1) is 9.35. The van der Waals surface area contributed by atoms with E-state index < -0.39 is 0 Å². The first-order valence-corrected chi connectivity index (χ1v) is 7.41. The highest BCUT2D eigenvalue weighted by atomic mass is 16.5. The molecule has 19 heavy (non-hydrogen) atoms. The van der Waals surface area contributed by atoms with E-state index in [0.29, 0.717) is 12.6 Å². The Morgan fingerprint density at radius 1 is 1.37 bits per heavy atom. The molecule has 0 saturated carbocycles. The summed E-state index contributed by atoms with van der Waals surface area (Å²) in [5.74, 6) is 1.01. The molecule has 0 spiro atoms. The van der Waals surface area contributed by atoms with E-state index in [2.05, 4.69) is 37.4 Å². The Kier molecular flexibility index (Phi) is 5.67. The van der Waals surface area contributed by atoms with Crippen molar-refractivity contribution >= 4 is 0 Å². The summed E-state index contributed by atoms with van der Waals surface area (Å²) < 4.78 is 11.6. The maximum absolute atomic E-state index is 6.15. The molecule has 0 aromatic heterocycles. The molecule has 1 aromatic carbocycles. The molecule has 1 saturated heterocycles. The zero-order valence-corrected chi connectivity index (χ0v) is 12.0. The minimum Gasteiger partial charge on any atom is -0.488 e. The van der Waals surface area contributed by atoms with E-state index in [1.165, 1.54) is 5.56 Å². The van der Waals surface area contributed by atoms with Crippen LogP contribution in [0.4, 0.5) is 0 Å². The smallest absolute Gasteiger partial charge is 0.124 e. The maximum atomic E-state index is 6.15. The molecule has 106 valence electrons. The molecule has 1 heterocycles. The monoisotopic (exact) mass is 263 g/mol. The SMILES string of the molecule is CCNC(CC)c1ccccc1OC1CCCOC1. The van der Waals surface area contributed by atoms with Crippen molar-refractivity contribution in [1.82, 2.24) is 5.32 Å². The second-order valence-corrected chi connectivity index (χ2v) is 5.01. The Morgan fingerprint density at radius 2 is 2.21 bits per heavy atom. The van der Waals surface area contributed by atoms with Crippen molar-refractivity contribution in [1.29, 1.82) is 0 Å². The van der Waals surface area contributed by atoms with Crippen LogP contribution in [-0.2, 0) is 4.74 Å². The minimum absolute atomic E-state index is 0.203. The van der Waals surface area contributed by atoms with Crippen molar-refractivity contribution in [2.45, 2.75) is 45.3 Å². The second-order valence-electron chi connectivity index (χ2n) is 5.01. The van der Waals surface area contributed by atoms with E-state index in [1.54, 1.807) is 0 Å². The third-order valence-corrected chi connectivity index (χ3v) is 3.57. The molecular weight excluding hydrogens is 238 g/mol. The van der Waals surface area contributed by atoms with Gasteiger partial charge >= 0.3 is 0 Å². The van der Waals surface area contributed by atoms with E-state index in [1.807, 2.05) is 6.07 Å². The average molecular weight is 263 g/mol. The summed E-state index contributed by atoms with van der Waals surface area (Å²) in [7, 11) is 0. The summed E-state index contributed by atoms with van der Waals surface area (Å²) in [4.78, 5) is 0. The number of nitrogens with one attached hydrogen (secondary N) is 1. The Balaban J connectivity index is 2.10. The zero-order valence-electron chi connectivity index (χ0n) is 12.0. The molecule has 0 radical (unpaired) electrons. The Labute approximate surface area is 116 Å². The predicted molar refractivity (Wildman–Crippen MR) is 77.6 cm³/mol. The van der Waals surface area contributed by atoms with Crippen molar-refractivity contribution in [2.24, 2.45) is 0 Å². The van der Waals surface area contributed by atoms with Crippen molar-refractivity contribution in [2.75, 3.05) is 19.8 Å². The lowest BCUT2D eigenvalue weighted by Gasteiger charge is -2.26. The van der Waals surface area contributed by atoms with E-state index in [9.17, 15) is 0 Å². The third kappa shape index (κ3) is 3.95. The lowest BCUT2D eigenvalue weighted by Crippen LogP contribution is -2.29. The van der Waals surface area contributed by atoms with Gasteiger partial charge in [0.1, 0.15) is 11.9 Å². The van der Waals surface area contributed by atoms with Crippen LogP contribution in [0.2, 0.25) is 0 Å². The van der Waals surface area contributed by atoms with Gasteiger partial charge in [0.05, 0.1) is 6.61 Å². The van der Waals surface area contributed by atoms with Gasteiger partial charge in [-0.2, -0.15) is 0 Å². The fraction of sp³-hybridized carbons (Fsp3) is 0.625. The molecule has 1 aromatic rings. The average Bonchev–Trinajstić information content (AvgIpc) is 2.47. The van der Waals surface area contributed by atoms with Gasteiger partial charge in [-0.1, -0.05) is 32.0 Å². The lowest BCUT2D eigenvalue weighted by molar-refractivity contribution is 0.00682. The first kappa shape index (κ1) is 14.4. The molecule has 3 heteroatoms. The number of hydrogen-bond donors (Lipinski definition) is 1. The number of benzene rings is 1. The normalized spacial score (nSPS) is 21.1. The highest BCUT2D eigenvalue weighted by molar-refractivity contribution is 5.36. The van der Waals surface area contributed by atoms with Crippen molar-refractivity contribution < 1.29 is 9.47 Å². The highest BCUT2D eigenvalue weighted by Crippen LogP contribution is 2.28. The summed E-state index contributed by atoms with van der Waals surface area (Å²) in [5, 5.41) is 3.51. The molecule has 3 nitrogen and oxygen atoms in total. The van der Waals surface area contributed by atoms with E-state index in [-0.39, 0.29) is 6.10 Å². The fourth-order valence-corrected chi connectivity index (χ4v) is 2.58. The molecule has 1 aliphatic heterocycles. The predicted octanol–water partition coefficient (Wildman–Crippen LogP) is 3.31. The molecule has 0 bridgehead atoms. The quantitative estimate of drug-likeness (QED) is 0.854. The maximum Gasteiger partial charge on any atom is 0.124 e. The van der Waals surface area contributed by atoms with Crippen LogP contribution in [0.25, 0.3) is 0 Å². The minimum atomic E-state index is 0.203. The van der Waals surface area contributed by atoms with Crippen molar-refractivity contribution in [3.8, 4) is 5.75 Å². The van der Waals surface area contributed by atoms with Gasteiger partial charge in [-0.15, -0.1) is 0 Å². The molecule has 0 amide bonds.